The molecule has 0 saturated carbocycles. The molecule has 22 heavy (non-hydrogen) atoms. The molecule has 5 heteroatoms. The fraction of sp³-hybridized carbons (Fsp3) is 0.529. The van der Waals surface area contributed by atoms with Crippen LogP contribution in [0.3, 0.4) is 0 Å². The SMILES string of the molecule is Cc1cc2c(cc1CCNC(=O)OC(C)(C)C)NC(=O)CC2. The van der Waals surface area contributed by atoms with Gasteiger partial charge in [-0.25, -0.2) is 4.79 Å². The predicted molar refractivity (Wildman–Crippen MR) is 86.1 cm³/mol. The molecule has 1 heterocycles. The van der Waals surface area contributed by atoms with E-state index in [1.54, 1.807) is 0 Å². The monoisotopic (exact) mass is 304 g/mol. The molecule has 1 aliphatic rings. The van der Waals surface area contributed by atoms with Crippen LogP contribution in [0.15, 0.2) is 12.1 Å². The third-order valence-corrected chi connectivity index (χ3v) is 3.52. The molecule has 1 aliphatic heterocycles. The van der Waals surface area contributed by atoms with Crippen LogP contribution in [0.1, 0.15) is 43.9 Å². The van der Waals surface area contributed by atoms with E-state index >= 15 is 0 Å². The van der Waals surface area contributed by atoms with Gasteiger partial charge in [-0.1, -0.05) is 6.07 Å². The fourth-order valence-corrected chi connectivity index (χ4v) is 2.48. The molecule has 2 N–H and O–H groups in total. The quantitative estimate of drug-likeness (QED) is 0.902. The summed E-state index contributed by atoms with van der Waals surface area (Å²) in [5.74, 6) is 0.0641. The van der Waals surface area contributed by atoms with Crippen molar-refractivity contribution in [3.05, 3.63) is 28.8 Å². The van der Waals surface area contributed by atoms with Crippen molar-refractivity contribution in [2.45, 2.75) is 52.6 Å². The maximum Gasteiger partial charge on any atom is 0.407 e. The summed E-state index contributed by atoms with van der Waals surface area (Å²) in [6.07, 6.45) is 1.63. The Hall–Kier alpha value is -2.04. The molecule has 1 aromatic rings. The van der Waals surface area contributed by atoms with Crippen LogP contribution in [0, 0.1) is 6.92 Å². The molecule has 0 aromatic heterocycles. The van der Waals surface area contributed by atoms with Crippen molar-refractivity contribution in [1.82, 2.24) is 5.32 Å². The number of carbonyl (C=O) groups excluding carboxylic acids is 2. The zero-order valence-corrected chi connectivity index (χ0v) is 13.7. The van der Waals surface area contributed by atoms with Gasteiger partial charge in [0.2, 0.25) is 5.91 Å². The normalized spacial score (nSPS) is 14.1. The fourth-order valence-electron chi connectivity index (χ4n) is 2.48. The lowest BCUT2D eigenvalue weighted by molar-refractivity contribution is -0.116. The van der Waals surface area contributed by atoms with Crippen molar-refractivity contribution in [2.24, 2.45) is 0 Å². The van der Waals surface area contributed by atoms with Gasteiger partial charge in [0.15, 0.2) is 0 Å². The van der Waals surface area contributed by atoms with E-state index in [9.17, 15) is 9.59 Å². The number of hydrogen-bond acceptors (Lipinski definition) is 3. The number of amides is 2. The second-order valence-electron chi connectivity index (χ2n) is 6.66. The second-order valence-corrected chi connectivity index (χ2v) is 6.66. The maximum atomic E-state index is 11.6. The second kappa shape index (κ2) is 6.38. The van der Waals surface area contributed by atoms with Crippen LogP contribution in [0.25, 0.3) is 0 Å². The minimum Gasteiger partial charge on any atom is -0.444 e. The van der Waals surface area contributed by atoms with Gasteiger partial charge in [-0.05, 0) is 63.3 Å². The van der Waals surface area contributed by atoms with Crippen LogP contribution < -0.4 is 10.6 Å². The molecular formula is C17H24N2O3. The van der Waals surface area contributed by atoms with E-state index in [1.807, 2.05) is 26.8 Å². The zero-order valence-electron chi connectivity index (χ0n) is 13.7. The molecule has 0 unspecified atom stereocenters. The Kier molecular flexibility index (Phi) is 4.74. The van der Waals surface area contributed by atoms with Crippen LogP contribution in [0.2, 0.25) is 0 Å². The van der Waals surface area contributed by atoms with Gasteiger partial charge in [0, 0.05) is 18.7 Å². The molecule has 0 bridgehead atoms. The number of ether oxygens (including phenoxy) is 1. The number of fused-ring (bicyclic) bond motifs is 1. The molecular weight excluding hydrogens is 280 g/mol. The van der Waals surface area contributed by atoms with E-state index in [-0.39, 0.29) is 5.91 Å². The summed E-state index contributed by atoms with van der Waals surface area (Å²) >= 11 is 0. The smallest absolute Gasteiger partial charge is 0.407 e. The topological polar surface area (TPSA) is 67.4 Å². The van der Waals surface area contributed by atoms with Gasteiger partial charge >= 0.3 is 6.09 Å². The lowest BCUT2D eigenvalue weighted by atomic mass is 9.96. The molecule has 5 nitrogen and oxygen atoms in total. The first-order valence-corrected chi connectivity index (χ1v) is 7.64. The molecule has 1 aromatic carbocycles. The van der Waals surface area contributed by atoms with E-state index in [2.05, 4.69) is 23.6 Å². The van der Waals surface area contributed by atoms with Crippen molar-refractivity contribution < 1.29 is 14.3 Å². The number of aryl methyl sites for hydroxylation is 2. The third kappa shape index (κ3) is 4.48. The predicted octanol–water partition coefficient (Wildman–Crippen LogP) is 2.95. The van der Waals surface area contributed by atoms with E-state index in [1.165, 1.54) is 11.1 Å². The minimum absolute atomic E-state index is 0.0641. The first kappa shape index (κ1) is 16.3. The lowest BCUT2D eigenvalue weighted by Gasteiger charge is -2.21. The van der Waals surface area contributed by atoms with Crippen molar-refractivity contribution in [1.29, 1.82) is 0 Å². The largest absolute Gasteiger partial charge is 0.444 e. The number of rotatable bonds is 3. The molecule has 0 radical (unpaired) electrons. The molecule has 2 amide bonds. The molecule has 120 valence electrons. The maximum absolute atomic E-state index is 11.6. The Morgan fingerprint density at radius 1 is 1.32 bits per heavy atom. The van der Waals surface area contributed by atoms with Gasteiger partial charge in [0.1, 0.15) is 5.60 Å². The van der Waals surface area contributed by atoms with E-state index in [4.69, 9.17) is 4.74 Å². The zero-order chi connectivity index (χ0) is 16.3. The molecule has 0 aliphatic carbocycles. The van der Waals surface area contributed by atoms with Gasteiger partial charge in [-0.15, -0.1) is 0 Å². The van der Waals surface area contributed by atoms with Crippen molar-refractivity contribution in [2.75, 3.05) is 11.9 Å². The van der Waals surface area contributed by atoms with E-state index < -0.39 is 11.7 Å². The first-order valence-electron chi connectivity index (χ1n) is 7.64. The minimum atomic E-state index is -0.490. The van der Waals surface area contributed by atoms with Gasteiger partial charge in [0.05, 0.1) is 0 Å². The average molecular weight is 304 g/mol. The highest BCUT2D eigenvalue weighted by Crippen LogP contribution is 2.26. The number of benzene rings is 1. The number of carbonyl (C=O) groups is 2. The van der Waals surface area contributed by atoms with Crippen LogP contribution in [0.5, 0.6) is 0 Å². The van der Waals surface area contributed by atoms with Crippen LogP contribution >= 0.6 is 0 Å². The number of alkyl carbamates (subject to hydrolysis) is 1. The van der Waals surface area contributed by atoms with E-state index in [0.717, 1.165) is 17.7 Å². The van der Waals surface area contributed by atoms with Crippen molar-refractivity contribution in [3.8, 4) is 0 Å². The summed E-state index contributed by atoms with van der Waals surface area (Å²) in [4.78, 5) is 23.1. The Morgan fingerprint density at radius 2 is 2.05 bits per heavy atom. The van der Waals surface area contributed by atoms with E-state index in [0.29, 0.717) is 19.4 Å². The summed E-state index contributed by atoms with van der Waals surface area (Å²) in [7, 11) is 0. The standard InChI is InChI=1S/C17H24N2O3/c1-11-9-13-5-6-15(20)19-14(13)10-12(11)7-8-18-16(21)22-17(2,3)4/h9-10H,5-8H2,1-4H3,(H,18,21)(H,19,20). The van der Waals surface area contributed by atoms with Gasteiger partial charge < -0.3 is 15.4 Å². The van der Waals surface area contributed by atoms with Crippen LogP contribution in [0.4, 0.5) is 10.5 Å². The third-order valence-electron chi connectivity index (χ3n) is 3.52. The number of nitrogens with one attached hydrogen (secondary N) is 2. The first-order chi connectivity index (χ1) is 10.2. The molecule has 0 saturated heterocycles. The van der Waals surface area contributed by atoms with Crippen molar-refractivity contribution >= 4 is 17.7 Å². The number of hydrogen-bond donors (Lipinski definition) is 2. The van der Waals surface area contributed by atoms with Crippen LogP contribution in [-0.4, -0.2) is 24.1 Å². The summed E-state index contributed by atoms with van der Waals surface area (Å²) in [6, 6.07) is 4.14. The van der Waals surface area contributed by atoms with Gasteiger partial charge in [-0.2, -0.15) is 0 Å². The van der Waals surface area contributed by atoms with Crippen molar-refractivity contribution in [3.63, 3.8) is 0 Å². The highest BCUT2D eigenvalue weighted by molar-refractivity contribution is 5.94. The summed E-state index contributed by atoms with van der Waals surface area (Å²) in [6.45, 7) is 8.07. The highest BCUT2D eigenvalue weighted by Gasteiger charge is 2.17. The Labute approximate surface area is 131 Å². The Balaban J connectivity index is 1.94. The van der Waals surface area contributed by atoms with Gasteiger partial charge in [0.25, 0.3) is 0 Å². The molecule has 0 spiro atoms. The molecule has 0 fully saturated rings. The van der Waals surface area contributed by atoms with Crippen LogP contribution in [-0.2, 0) is 22.4 Å². The lowest BCUT2D eigenvalue weighted by Crippen LogP contribution is -2.33. The molecule has 2 rings (SSSR count). The summed E-state index contributed by atoms with van der Waals surface area (Å²) in [5.41, 5.74) is 3.89. The number of anilines is 1. The Morgan fingerprint density at radius 3 is 2.73 bits per heavy atom. The summed E-state index contributed by atoms with van der Waals surface area (Å²) < 4.78 is 5.20. The summed E-state index contributed by atoms with van der Waals surface area (Å²) in [5, 5.41) is 5.66. The average Bonchev–Trinajstić information content (AvgIpc) is 2.37. The molecule has 0 atom stereocenters. The van der Waals surface area contributed by atoms with Gasteiger partial charge in [-0.3, -0.25) is 4.79 Å². The Bertz CT molecular complexity index is 588. The highest BCUT2D eigenvalue weighted by atomic mass is 16.6.